The second-order valence-electron chi connectivity index (χ2n) is 5.33. The van der Waals surface area contributed by atoms with Crippen LogP contribution in [-0.2, 0) is 11.2 Å². The van der Waals surface area contributed by atoms with Gasteiger partial charge in [-0.1, -0.05) is 35.3 Å². The lowest BCUT2D eigenvalue weighted by Crippen LogP contribution is -2.17. The van der Waals surface area contributed by atoms with Crippen LogP contribution in [0.4, 0.5) is 0 Å². The van der Waals surface area contributed by atoms with Crippen molar-refractivity contribution in [2.24, 2.45) is 5.92 Å². The molecule has 2 unspecified atom stereocenters. The first kappa shape index (κ1) is 14.1. The molecule has 0 spiro atoms. The van der Waals surface area contributed by atoms with Gasteiger partial charge in [0.05, 0.1) is 11.8 Å². The molecule has 5 nitrogen and oxygen atoms in total. The first-order chi connectivity index (χ1) is 10.1. The maximum Gasteiger partial charge on any atom is 0.307 e. The largest absolute Gasteiger partial charge is 0.481 e. The third kappa shape index (κ3) is 3.08. The lowest BCUT2D eigenvalue weighted by molar-refractivity contribution is -0.142. The van der Waals surface area contributed by atoms with Crippen LogP contribution in [0, 0.1) is 5.92 Å². The van der Waals surface area contributed by atoms with Gasteiger partial charge in [-0.2, -0.15) is 4.98 Å². The Kier molecular flexibility index (Phi) is 3.92. The Morgan fingerprint density at radius 1 is 1.33 bits per heavy atom. The van der Waals surface area contributed by atoms with E-state index in [1.54, 1.807) is 0 Å². The molecule has 0 saturated heterocycles. The number of aromatic nitrogens is 2. The summed E-state index contributed by atoms with van der Waals surface area (Å²) in [6.07, 6.45) is 2.90. The average Bonchev–Trinajstić information content (AvgIpc) is 3.09. The molecule has 1 heterocycles. The molecule has 0 bridgehead atoms. The van der Waals surface area contributed by atoms with Gasteiger partial charge < -0.3 is 9.63 Å². The van der Waals surface area contributed by atoms with E-state index in [0.717, 1.165) is 18.4 Å². The van der Waals surface area contributed by atoms with Crippen LogP contribution >= 0.6 is 11.6 Å². The summed E-state index contributed by atoms with van der Waals surface area (Å²) in [7, 11) is 0. The van der Waals surface area contributed by atoms with Crippen LogP contribution in [0.25, 0.3) is 0 Å². The third-order valence-electron chi connectivity index (χ3n) is 3.91. The molecule has 1 aliphatic carbocycles. The van der Waals surface area contributed by atoms with Gasteiger partial charge in [0.25, 0.3) is 0 Å². The van der Waals surface area contributed by atoms with Gasteiger partial charge in [0.1, 0.15) is 0 Å². The van der Waals surface area contributed by atoms with Gasteiger partial charge in [-0.15, -0.1) is 0 Å². The monoisotopic (exact) mass is 306 g/mol. The number of aliphatic carboxylic acids is 1. The smallest absolute Gasteiger partial charge is 0.307 e. The highest BCUT2D eigenvalue weighted by atomic mass is 35.5. The minimum Gasteiger partial charge on any atom is -0.481 e. The minimum absolute atomic E-state index is 0.158. The van der Waals surface area contributed by atoms with E-state index in [9.17, 15) is 9.90 Å². The molecule has 1 saturated carbocycles. The first-order valence-corrected chi connectivity index (χ1v) is 7.31. The number of carbonyl (C=O) groups is 1. The topological polar surface area (TPSA) is 76.2 Å². The molecule has 0 aliphatic heterocycles. The number of carboxylic acid groups (broad SMARTS) is 1. The predicted octanol–water partition coefficient (Wildman–Crippen LogP) is 3.28. The Morgan fingerprint density at radius 2 is 2.10 bits per heavy atom. The quantitative estimate of drug-likeness (QED) is 0.938. The van der Waals surface area contributed by atoms with Gasteiger partial charge in [-0.3, -0.25) is 4.79 Å². The molecular formula is C15H15ClN2O3. The fourth-order valence-electron chi connectivity index (χ4n) is 2.83. The second-order valence-corrected chi connectivity index (χ2v) is 5.77. The maximum atomic E-state index is 11.2. The van der Waals surface area contributed by atoms with Crippen molar-refractivity contribution in [3.8, 4) is 0 Å². The fourth-order valence-corrected chi connectivity index (χ4v) is 2.95. The van der Waals surface area contributed by atoms with E-state index < -0.39 is 11.9 Å². The molecule has 2 atom stereocenters. The average molecular weight is 307 g/mol. The normalized spacial score (nSPS) is 21.6. The van der Waals surface area contributed by atoms with E-state index in [1.807, 2.05) is 24.3 Å². The lowest BCUT2D eigenvalue weighted by atomic mass is 9.96. The molecule has 0 amide bonds. The van der Waals surface area contributed by atoms with Crippen molar-refractivity contribution in [1.29, 1.82) is 0 Å². The van der Waals surface area contributed by atoms with Crippen molar-refractivity contribution >= 4 is 17.6 Å². The van der Waals surface area contributed by atoms with Gasteiger partial charge in [-0.25, -0.2) is 0 Å². The zero-order valence-corrected chi connectivity index (χ0v) is 12.1. The fraction of sp³-hybridized carbons (Fsp3) is 0.400. The van der Waals surface area contributed by atoms with E-state index in [-0.39, 0.29) is 5.92 Å². The molecule has 0 radical (unpaired) electrons. The van der Waals surface area contributed by atoms with Gasteiger partial charge in [-0.05, 0) is 30.5 Å². The Morgan fingerprint density at radius 3 is 2.81 bits per heavy atom. The van der Waals surface area contributed by atoms with E-state index in [4.69, 9.17) is 16.1 Å². The Balaban J connectivity index is 1.74. The molecule has 1 N–H and O–H groups in total. The number of halogens is 1. The highest BCUT2D eigenvalue weighted by Crippen LogP contribution is 2.39. The molecule has 3 rings (SSSR count). The number of carboxylic acids is 1. The second kappa shape index (κ2) is 5.85. The predicted molar refractivity (Wildman–Crippen MR) is 76.3 cm³/mol. The molecule has 1 fully saturated rings. The number of benzene rings is 1. The van der Waals surface area contributed by atoms with Gasteiger partial charge in [0.15, 0.2) is 5.82 Å². The van der Waals surface area contributed by atoms with Crippen molar-refractivity contribution in [2.45, 2.75) is 31.6 Å². The number of hydrogen-bond donors (Lipinski definition) is 1. The highest BCUT2D eigenvalue weighted by Gasteiger charge is 2.37. The van der Waals surface area contributed by atoms with Crippen molar-refractivity contribution in [3.05, 3.63) is 46.6 Å². The summed E-state index contributed by atoms with van der Waals surface area (Å²) in [5, 5.41) is 13.9. The molecule has 110 valence electrons. The highest BCUT2D eigenvalue weighted by molar-refractivity contribution is 6.30. The van der Waals surface area contributed by atoms with Crippen LogP contribution in [0.5, 0.6) is 0 Å². The molecule has 1 aliphatic rings. The van der Waals surface area contributed by atoms with Crippen LogP contribution in [0.1, 0.15) is 42.5 Å². The summed E-state index contributed by atoms with van der Waals surface area (Å²) in [6.45, 7) is 0. The standard InChI is InChI=1S/C15H15ClN2O3/c16-10-6-4-9(5-7-10)8-13-17-14(21-18-13)11-2-1-3-12(11)15(19)20/h4-7,11-12H,1-3,8H2,(H,19,20). The molecule has 21 heavy (non-hydrogen) atoms. The number of hydrogen-bond acceptors (Lipinski definition) is 4. The Bertz CT molecular complexity index is 639. The summed E-state index contributed by atoms with van der Waals surface area (Å²) in [4.78, 5) is 15.6. The number of rotatable bonds is 4. The van der Waals surface area contributed by atoms with Crippen molar-refractivity contribution in [3.63, 3.8) is 0 Å². The van der Waals surface area contributed by atoms with Crippen LogP contribution in [0.15, 0.2) is 28.8 Å². The zero-order chi connectivity index (χ0) is 14.8. The van der Waals surface area contributed by atoms with Crippen LogP contribution < -0.4 is 0 Å². The van der Waals surface area contributed by atoms with Crippen molar-refractivity contribution < 1.29 is 14.4 Å². The van der Waals surface area contributed by atoms with Gasteiger partial charge >= 0.3 is 5.97 Å². The van der Waals surface area contributed by atoms with Crippen LogP contribution in [0.2, 0.25) is 5.02 Å². The van der Waals surface area contributed by atoms with Crippen molar-refractivity contribution in [1.82, 2.24) is 10.1 Å². The minimum atomic E-state index is -0.782. The summed E-state index contributed by atoms with van der Waals surface area (Å²) >= 11 is 5.85. The van der Waals surface area contributed by atoms with E-state index >= 15 is 0 Å². The molecule has 1 aromatic heterocycles. The van der Waals surface area contributed by atoms with Crippen LogP contribution in [-0.4, -0.2) is 21.2 Å². The first-order valence-electron chi connectivity index (χ1n) is 6.93. The van der Waals surface area contributed by atoms with Crippen LogP contribution in [0.3, 0.4) is 0 Å². The van der Waals surface area contributed by atoms with Gasteiger partial charge in [0.2, 0.25) is 5.89 Å². The third-order valence-corrected chi connectivity index (χ3v) is 4.16. The maximum absolute atomic E-state index is 11.2. The van der Waals surface area contributed by atoms with E-state index in [0.29, 0.717) is 29.6 Å². The summed E-state index contributed by atoms with van der Waals surface area (Å²) < 4.78 is 5.27. The number of nitrogens with zero attached hydrogens (tertiary/aromatic N) is 2. The molecule has 1 aromatic carbocycles. The Hall–Kier alpha value is -1.88. The lowest BCUT2D eigenvalue weighted by Gasteiger charge is -2.10. The molecule has 2 aromatic rings. The SMILES string of the molecule is O=C(O)C1CCCC1c1nc(Cc2ccc(Cl)cc2)no1. The zero-order valence-electron chi connectivity index (χ0n) is 11.3. The van der Waals surface area contributed by atoms with Gasteiger partial charge in [0, 0.05) is 11.4 Å². The van der Waals surface area contributed by atoms with E-state index in [2.05, 4.69) is 10.1 Å². The van der Waals surface area contributed by atoms with Crippen molar-refractivity contribution in [2.75, 3.05) is 0 Å². The van der Waals surface area contributed by atoms with E-state index in [1.165, 1.54) is 0 Å². The Labute approximate surface area is 126 Å². The summed E-state index contributed by atoms with van der Waals surface area (Å²) in [6, 6.07) is 7.45. The summed E-state index contributed by atoms with van der Waals surface area (Å²) in [5.74, 6) is -0.329. The molecule has 6 heteroatoms. The summed E-state index contributed by atoms with van der Waals surface area (Å²) in [5.41, 5.74) is 1.04. The molecular weight excluding hydrogens is 292 g/mol.